The summed E-state index contributed by atoms with van der Waals surface area (Å²) in [5.74, 6) is 0.816. The van der Waals surface area contributed by atoms with Crippen LogP contribution in [0.15, 0.2) is 0 Å². The minimum absolute atomic E-state index is 0.169. The first-order valence-electron chi connectivity index (χ1n) is 5.04. The number of hydrogen-bond acceptors (Lipinski definition) is 4. The highest BCUT2D eigenvalue weighted by Crippen LogP contribution is 2.32. The van der Waals surface area contributed by atoms with Crippen molar-refractivity contribution >= 4 is 7.32 Å². The van der Waals surface area contributed by atoms with Crippen LogP contribution in [-0.4, -0.2) is 27.6 Å². The molecule has 1 rings (SSSR count). The maximum absolute atomic E-state index is 8.83. The SMILES string of the molecule is CC(C)c1n[nH]c(C(C)C)c1OB(O)O. The average Bonchev–Trinajstić information content (AvgIpc) is 2.46. The molecule has 0 aliphatic heterocycles. The number of nitrogens with zero attached hydrogens (tertiary/aromatic N) is 1. The van der Waals surface area contributed by atoms with Crippen molar-refractivity contribution in [2.45, 2.75) is 39.5 Å². The van der Waals surface area contributed by atoms with Gasteiger partial charge in [-0.25, -0.2) is 0 Å². The van der Waals surface area contributed by atoms with Crippen LogP contribution in [-0.2, 0) is 0 Å². The third-order valence-electron chi connectivity index (χ3n) is 2.12. The molecule has 15 heavy (non-hydrogen) atoms. The first kappa shape index (κ1) is 12.1. The van der Waals surface area contributed by atoms with Crippen molar-refractivity contribution in [3.8, 4) is 5.75 Å². The van der Waals surface area contributed by atoms with Crippen LogP contribution in [0, 0.1) is 0 Å². The largest absolute Gasteiger partial charge is 0.707 e. The quantitative estimate of drug-likeness (QED) is 0.650. The van der Waals surface area contributed by atoms with E-state index in [0.717, 1.165) is 5.69 Å². The molecule has 0 fully saturated rings. The second-order valence-electron chi connectivity index (χ2n) is 4.11. The van der Waals surface area contributed by atoms with Crippen molar-refractivity contribution < 1.29 is 14.7 Å². The lowest BCUT2D eigenvalue weighted by atomic mass is 10.0. The van der Waals surface area contributed by atoms with Crippen molar-refractivity contribution in [1.82, 2.24) is 10.2 Å². The van der Waals surface area contributed by atoms with E-state index in [0.29, 0.717) is 11.4 Å². The Hall–Kier alpha value is -1.01. The number of H-pyrrole nitrogens is 1. The minimum atomic E-state index is -1.81. The van der Waals surface area contributed by atoms with E-state index < -0.39 is 7.32 Å². The van der Waals surface area contributed by atoms with Gasteiger partial charge in [-0.05, 0) is 5.92 Å². The Morgan fingerprint density at radius 1 is 1.20 bits per heavy atom. The molecule has 0 bridgehead atoms. The predicted molar refractivity (Wildman–Crippen MR) is 57.6 cm³/mol. The lowest BCUT2D eigenvalue weighted by molar-refractivity contribution is 0.285. The van der Waals surface area contributed by atoms with E-state index in [2.05, 4.69) is 10.2 Å². The third-order valence-corrected chi connectivity index (χ3v) is 2.12. The molecule has 0 saturated carbocycles. The van der Waals surface area contributed by atoms with Crippen LogP contribution in [0.4, 0.5) is 0 Å². The van der Waals surface area contributed by atoms with Gasteiger partial charge < -0.3 is 14.7 Å². The van der Waals surface area contributed by atoms with Gasteiger partial charge in [0.15, 0.2) is 0 Å². The number of rotatable bonds is 4. The van der Waals surface area contributed by atoms with Gasteiger partial charge >= 0.3 is 7.32 Å². The second kappa shape index (κ2) is 4.68. The molecule has 1 aromatic rings. The van der Waals surface area contributed by atoms with E-state index >= 15 is 0 Å². The second-order valence-corrected chi connectivity index (χ2v) is 4.11. The van der Waals surface area contributed by atoms with Gasteiger partial charge in [0.25, 0.3) is 0 Å². The number of aromatic amines is 1. The van der Waals surface area contributed by atoms with E-state index in [4.69, 9.17) is 14.7 Å². The number of hydrogen-bond donors (Lipinski definition) is 3. The van der Waals surface area contributed by atoms with Gasteiger partial charge in [0.1, 0.15) is 11.4 Å². The van der Waals surface area contributed by atoms with E-state index in [1.54, 1.807) is 0 Å². The molecule has 0 atom stereocenters. The summed E-state index contributed by atoms with van der Waals surface area (Å²) < 4.78 is 4.96. The molecule has 0 spiro atoms. The van der Waals surface area contributed by atoms with Gasteiger partial charge in [0, 0.05) is 5.92 Å². The molecule has 0 radical (unpaired) electrons. The Kier molecular flexibility index (Phi) is 3.76. The van der Waals surface area contributed by atoms with E-state index in [9.17, 15) is 0 Å². The van der Waals surface area contributed by atoms with Crippen molar-refractivity contribution in [1.29, 1.82) is 0 Å². The zero-order chi connectivity index (χ0) is 11.6. The summed E-state index contributed by atoms with van der Waals surface area (Å²) in [7, 11) is -1.81. The molecule has 0 aliphatic rings. The standard InChI is InChI=1S/C9H17BN2O3/c1-5(2)7-9(15-10(13)14)8(6(3)4)12-11-7/h5-6,13-14H,1-4H3,(H,11,12). The Morgan fingerprint density at radius 2 is 1.80 bits per heavy atom. The smallest absolute Gasteiger partial charge is 0.509 e. The highest BCUT2D eigenvalue weighted by Gasteiger charge is 2.23. The summed E-state index contributed by atoms with van der Waals surface area (Å²) in [5, 5.41) is 24.6. The van der Waals surface area contributed by atoms with E-state index in [1.165, 1.54) is 0 Å². The third kappa shape index (κ3) is 2.73. The maximum Gasteiger partial charge on any atom is 0.707 e. The summed E-state index contributed by atoms with van der Waals surface area (Å²) in [4.78, 5) is 0. The van der Waals surface area contributed by atoms with Gasteiger partial charge in [0.2, 0.25) is 0 Å². The molecule has 5 nitrogen and oxygen atoms in total. The van der Waals surface area contributed by atoms with Gasteiger partial charge in [0.05, 0.1) is 5.69 Å². The summed E-state index contributed by atoms with van der Waals surface area (Å²) >= 11 is 0. The summed E-state index contributed by atoms with van der Waals surface area (Å²) in [6.45, 7) is 7.90. The molecule has 0 unspecified atom stereocenters. The van der Waals surface area contributed by atoms with E-state index in [1.807, 2.05) is 27.7 Å². The van der Waals surface area contributed by atoms with Gasteiger partial charge in [-0.2, -0.15) is 5.10 Å². The first-order valence-corrected chi connectivity index (χ1v) is 5.04. The zero-order valence-electron chi connectivity index (χ0n) is 9.48. The summed E-state index contributed by atoms with van der Waals surface area (Å²) in [6, 6.07) is 0. The molecule has 6 heteroatoms. The predicted octanol–water partition coefficient (Wildman–Crippen LogP) is 1.00. The Balaban J connectivity index is 3.08. The Labute approximate surface area is 89.6 Å². The Morgan fingerprint density at radius 3 is 2.20 bits per heavy atom. The Bertz CT molecular complexity index is 298. The number of nitrogens with one attached hydrogen (secondary N) is 1. The molecule has 84 valence electrons. The number of aromatic nitrogens is 2. The molecule has 0 aliphatic carbocycles. The van der Waals surface area contributed by atoms with Gasteiger partial charge in [-0.3, -0.25) is 5.10 Å². The maximum atomic E-state index is 8.83. The fraction of sp³-hybridized carbons (Fsp3) is 0.667. The fourth-order valence-corrected chi connectivity index (χ4v) is 1.37. The molecular weight excluding hydrogens is 195 g/mol. The van der Waals surface area contributed by atoms with Crippen LogP contribution in [0.5, 0.6) is 5.75 Å². The molecule has 1 heterocycles. The topological polar surface area (TPSA) is 78.4 Å². The van der Waals surface area contributed by atoms with Crippen LogP contribution < -0.4 is 4.65 Å². The normalized spacial score (nSPS) is 11.2. The van der Waals surface area contributed by atoms with Crippen molar-refractivity contribution in [2.24, 2.45) is 0 Å². The fourth-order valence-electron chi connectivity index (χ4n) is 1.37. The van der Waals surface area contributed by atoms with Gasteiger partial charge in [-0.15, -0.1) is 0 Å². The molecule has 0 aromatic carbocycles. The molecule has 1 aromatic heterocycles. The van der Waals surface area contributed by atoms with Crippen LogP contribution in [0.2, 0.25) is 0 Å². The van der Waals surface area contributed by atoms with Crippen molar-refractivity contribution in [2.75, 3.05) is 0 Å². The van der Waals surface area contributed by atoms with E-state index in [-0.39, 0.29) is 11.8 Å². The summed E-state index contributed by atoms with van der Waals surface area (Å²) in [5.41, 5.74) is 1.50. The van der Waals surface area contributed by atoms with Crippen LogP contribution in [0.25, 0.3) is 0 Å². The molecule has 0 amide bonds. The summed E-state index contributed by atoms with van der Waals surface area (Å²) in [6.07, 6.45) is 0. The van der Waals surface area contributed by atoms with Crippen molar-refractivity contribution in [3.05, 3.63) is 11.4 Å². The van der Waals surface area contributed by atoms with Crippen LogP contribution >= 0.6 is 0 Å². The molecular formula is C9H17BN2O3. The molecule has 3 N–H and O–H groups in total. The lowest BCUT2D eigenvalue weighted by Gasteiger charge is -2.11. The lowest BCUT2D eigenvalue weighted by Crippen LogP contribution is -2.22. The average molecular weight is 212 g/mol. The highest BCUT2D eigenvalue weighted by atomic mass is 16.6. The van der Waals surface area contributed by atoms with Crippen LogP contribution in [0.3, 0.4) is 0 Å². The first-order chi connectivity index (χ1) is 6.93. The van der Waals surface area contributed by atoms with Crippen LogP contribution in [0.1, 0.15) is 50.9 Å². The molecule has 0 saturated heterocycles. The zero-order valence-corrected chi connectivity index (χ0v) is 9.48. The highest BCUT2D eigenvalue weighted by molar-refractivity contribution is 6.33. The van der Waals surface area contributed by atoms with Crippen molar-refractivity contribution in [3.63, 3.8) is 0 Å². The van der Waals surface area contributed by atoms with Gasteiger partial charge in [-0.1, -0.05) is 27.7 Å². The minimum Gasteiger partial charge on any atom is -0.509 e. The monoisotopic (exact) mass is 212 g/mol.